The molecule has 42 heavy (non-hydrogen) atoms. The number of hydrogen-bond donors (Lipinski definition) is 1. The van der Waals surface area contributed by atoms with Crippen LogP contribution < -0.4 is 10.1 Å². The van der Waals surface area contributed by atoms with Crippen LogP contribution in [0.4, 0.5) is 0 Å². The second kappa shape index (κ2) is 15.0. The van der Waals surface area contributed by atoms with Gasteiger partial charge in [0.1, 0.15) is 5.75 Å². The summed E-state index contributed by atoms with van der Waals surface area (Å²) in [6, 6.07) is 40.7. The summed E-state index contributed by atoms with van der Waals surface area (Å²) in [6.45, 7) is 3.10. The maximum atomic E-state index is 12.8. The van der Waals surface area contributed by atoms with Crippen LogP contribution in [0.25, 0.3) is 11.3 Å². The Labute approximate surface area is 252 Å². The fraction of sp³-hybridized carbons (Fsp3) is 0.167. The highest BCUT2D eigenvalue weighted by atomic mass is 32.2. The highest BCUT2D eigenvalue weighted by Gasteiger charge is 2.10. The first-order valence-electron chi connectivity index (χ1n) is 14.1. The standard InChI is InChI=1S/C36H35N3O2S/c1-41-33-9-7-8-30(24-33)27-39(22-23-42-34-10-3-2-4-11-34)26-29-15-13-28(14-16-29)25-38-36(40)32-19-17-31(18-20-32)35-12-5-6-21-37-35/h2-21,24H,22-23,25-27H2,1H3,(H,38,40). The van der Waals surface area contributed by atoms with E-state index >= 15 is 0 Å². The number of carbonyl (C=O) groups is 1. The lowest BCUT2D eigenvalue weighted by molar-refractivity contribution is 0.0951. The molecule has 0 radical (unpaired) electrons. The monoisotopic (exact) mass is 573 g/mol. The van der Waals surface area contributed by atoms with Crippen molar-refractivity contribution in [1.82, 2.24) is 15.2 Å². The van der Waals surface area contributed by atoms with Crippen LogP contribution in [-0.2, 0) is 19.6 Å². The molecule has 5 nitrogen and oxygen atoms in total. The van der Waals surface area contributed by atoms with Crippen molar-refractivity contribution in [1.29, 1.82) is 0 Å². The molecule has 0 saturated carbocycles. The third-order valence-electron chi connectivity index (χ3n) is 6.95. The highest BCUT2D eigenvalue weighted by Crippen LogP contribution is 2.21. The Morgan fingerprint density at radius 1 is 0.786 bits per heavy atom. The molecule has 0 fully saturated rings. The number of hydrogen-bond acceptors (Lipinski definition) is 5. The molecule has 0 bridgehead atoms. The molecule has 0 unspecified atom stereocenters. The van der Waals surface area contributed by atoms with Gasteiger partial charge in [-0.2, -0.15) is 0 Å². The van der Waals surface area contributed by atoms with Crippen molar-refractivity contribution in [3.05, 3.63) is 150 Å². The third kappa shape index (κ3) is 8.56. The fourth-order valence-electron chi connectivity index (χ4n) is 4.68. The number of carbonyl (C=O) groups excluding carboxylic acids is 1. The fourth-order valence-corrected chi connectivity index (χ4v) is 5.62. The van der Waals surface area contributed by atoms with E-state index in [1.54, 1.807) is 13.3 Å². The second-order valence-electron chi connectivity index (χ2n) is 10.0. The zero-order valence-electron chi connectivity index (χ0n) is 23.8. The maximum Gasteiger partial charge on any atom is 0.251 e. The van der Waals surface area contributed by atoms with E-state index in [9.17, 15) is 4.79 Å². The van der Waals surface area contributed by atoms with Crippen molar-refractivity contribution in [2.75, 3.05) is 19.4 Å². The Hall–Kier alpha value is -4.39. The molecule has 0 spiro atoms. The maximum absolute atomic E-state index is 12.8. The Kier molecular flexibility index (Phi) is 10.4. The summed E-state index contributed by atoms with van der Waals surface area (Å²) in [6.07, 6.45) is 1.77. The first-order valence-corrected chi connectivity index (χ1v) is 15.1. The SMILES string of the molecule is COc1cccc(CN(CCSc2ccccc2)Cc2ccc(CNC(=O)c3ccc(-c4ccccn4)cc3)cc2)c1. The lowest BCUT2D eigenvalue weighted by Gasteiger charge is -2.23. The molecule has 6 heteroatoms. The molecule has 1 N–H and O–H groups in total. The summed E-state index contributed by atoms with van der Waals surface area (Å²) in [5.74, 6) is 1.79. The third-order valence-corrected chi connectivity index (χ3v) is 7.94. The molecule has 212 valence electrons. The number of benzene rings is 4. The van der Waals surface area contributed by atoms with Crippen LogP contribution in [0.15, 0.2) is 132 Å². The lowest BCUT2D eigenvalue weighted by atomic mass is 10.1. The van der Waals surface area contributed by atoms with Gasteiger partial charge in [0.25, 0.3) is 5.91 Å². The summed E-state index contributed by atoms with van der Waals surface area (Å²) in [5.41, 5.74) is 6.04. The Balaban J connectivity index is 1.17. The first kappa shape index (κ1) is 29.1. The van der Waals surface area contributed by atoms with Gasteiger partial charge in [-0.3, -0.25) is 14.7 Å². The van der Waals surface area contributed by atoms with E-state index in [2.05, 4.69) is 81.9 Å². The summed E-state index contributed by atoms with van der Waals surface area (Å²) in [5, 5.41) is 3.04. The Bertz CT molecular complexity index is 1540. The summed E-state index contributed by atoms with van der Waals surface area (Å²) < 4.78 is 5.44. The number of methoxy groups -OCH3 is 1. The van der Waals surface area contributed by atoms with Crippen LogP contribution in [0.1, 0.15) is 27.0 Å². The number of rotatable bonds is 13. The quantitative estimate of drug-likeness (QED) is 0.148. The Morgan fingerprint density at radius 2 is 1.52 bits per heavy atom. The van der Waals surface area contributed by atoms with Crippen molar-refractivity contribution >= 4 is 17.7 Å². The van der Waals surface area contributed by atoms with E-state index < -0.39 is 0 Å². The van der Waals surface area contributed by atoms with Crippen LogP contribution in [0, 0.1) is 0 Å². The minimum absolute atomic E-state index is 0.0907. The second-order valence-corrected chi connectivity index (χ2v) is 11.2. The predicted octanol–water partition coefficient (Wildman–Crippen LogP) is 7.48. The van der Waals surface area contributed by atoms with Gasteiger partial charge in [-0.25, -0.2) is 0 Å². The van der Waals surface area contributed by atoms with Crippen LogP contribution in [0.2, 0.25) is 0 Å². The molecule has 0 atom stereocenters. The van der Waals surface area contributed by atoms with Gasteiger partial charge in [-0.15, -0.1) is 11.8 Å². The average Bonchev–Trinajstić information content (AvgIpc) is 3.05. The number of nitrogens with zero attached hydrogens (tertiary/aromatic N) is 2. The van der Waals surface area contributed by atoms with E-state index in [0.717, 1.165) is 48.0 Å². The number of ether oxygens (including phenoxy) is 1. The zero-order valence-corrected chi connectivity index (χ0v) is 24.6. The van der Waals surface area contributed by atoms with Crippen molar-refractivity contribution < 1.29 is 9.53 Å². The molecule has 5 aromatic rings. The van der Waals surface area contributed by atoms with Crippen LogP contribution in [-0.4, -0.2) is 35.2 Å². The smallest absolute Gasteiger partial charge is 0.251 e. The van der Waals surface area contributed by atoms with E-state index in [4.69, 9.17) is 4.74 Å². The topological polar surface area (TPSA) is 54.5 Å². The molecule has 1 heterocycles. The number of pyridine rings is 1. The van der Waals surface area contributed by atoms with Gasteiger partial charge < -0.3 is 10.1 Å². The summed E-state index contributed by atoms with van der Waals surface area (Å²) in [4.78, 5) is 20.9. The molecule has 0 aliphatic rings. The minimum atomic E-state index is -0.0907. The molecular weight excluding hydrogens is 538 g/mol. The molecule has 0 saturated heterocycles. The molecular formula is C36H35N3O2S. The van der Waals surface area contributed by atoms with Gasteiger partial charge in [0.2, 0.25) is 0 Å². The molecule has 1 aromatic heterocycles. The zero-order chi connectivity index (χ0) is 29.0. The number of thioether (sulfide) groups is 1. The summed E-state index contributed by atoms with van der Waals surface area (Å²) >= 11 is 1.88. The predicted molar refractivity (Wildman–Crippen MR) is 172 cm³/mol. The minimum Gasteiger partial charge on any atom is -0.497 e. The van der Waals surface area contributed by atoms with E-state index in [1.165, 1.54) is 16.0 Å². The number of nitrogens with one attached hydrogen (secondary N) is 1. The van der Waals surface area contributed by atoms with E-state index in [0.29, 0.717) is 12.1 Å². The van der Waals surface area contributed by atoms with Gasteiger partial charge in [-0.1, -0.05) is 72.8 Å². The molecule has 0 aliphatic heterocycles. The number of amides is 1. The van der Waals surface area contributed by atoms with Gasteiger partial charge in [0.15, 0.2) is 0 Å². The van der Waals surface area contributed by atoms with Gasteiger partial charge in [-0.05, 0) is 65.2 Å². The van der Waals surface area contributed by atoms with Crippen LogP contribution >= 0.6 is 11.8 Å². The number of aromatic nitrogens is 1. The van der Waals surface area contributed by atoms with Crippen LogP contribution in [0.5, 0.6) is 5.75 Å². The normalized spacial score (nSPS) is 10.9. The van der Waals surface area contributed by atoms with Gasteiger partial charge in [0, 0.05) is 54.2 Å². The largest absolute Gasteiger partial charge is 0.497 e. The van der Waals surface area contributed by atoms with Crippen molar-refractivity contribution in [2.45, 2.75) is 24.5 Å². The molecule has 1 amide bonds. The highest BCUT2D eigenvalue weighted by molar-refractivity contribution is 7.99. The lowest BCUT2D eigenvalue weighted by Crippen LogP contribution is -2.25. The summed E-state index contributed by atoms with van der Waals surface area (Å²) in [7, 11) is 1.71. The van der Waals surface area contributed by atoms with E-state index in [-0.39, 0.29) is 5.91 Å². The van der Waals surface area contributed by atoms with Crippen molar-refractivity contribution in [2.24, 2.45) is 0 Å². The van der Waals surface area contributed by atoms with Crippen molar-refractivity contribution in [3.63, 3.8) is 0 Å². The Morgan fingerprint density at radius 3 is 2.26 bits per heavy atom. The molecule has 4 aromatic carbocycles. The molecule has 0 aliphatic carbocycles. The average molecular weight is 574 g/mol. The van der Waals surface area contributed by atoms with Crippen molar-refractivity contribution in [3.8, 4) is 17.0 Å². The molecule has 5 rings (SSSR count). The van der Waals surface area contributed by atoms with Gasteiger partial charge >= 0.3 is 0 Å². The van der Waals surface area contributed by atoms with Gasteiger partial charge in [0.05, 0.1) is 12.8 Å². The van der Waals surface area contributed by atoms with E-state index in [1.807, 2.05) is 66.4 Å². The first-order chi connectivity index (χ1) is 20.7. The van der Waals surface area contributed by atoms with Crippen LogP contribution in [0.3, 0.4) is 0 Å².